The van der Waals surface area contributed by atoms with E-state index < -0.39 is 0 Å². The van der Waals surface area contributed by atoms with Gasteiger partial charge >= 0.3 is 0 Å². The number of aryl methyl sites for hydroxylation is 1. The van der Waals surface area contributed by atoms with Crippen LogP contribution in [0.2, 0.25) is 0 Å². The Morgan fingerprint density at radius 1 is 1.32 bits per heavy atom. The molecule has 0 bridgehead atoms. The zero-order chi connectivity index (χ0) is 15.4. The van der Waals surface area contributed by atoms with Gasteiger partial charge in [-0.25, -0.2) is 4.98 Å². The van der Waals surface area contributed by atoms with Gasteiger partial charge in [0, 0.05) is 37.4 Å². The number of nitrogens with two attached hydrogens (primary N) is 1. The van der Waals surface area contributed by atoms with Crippen molar-refractivity contribution in [2.75, 3.05) is 24.1 Å². The van der Waals surface area contributed by atoms with Crippen molar-refractivity contribution < 1.29 is 0 Å². The summed E-state index contributed by atoms with van der Waals surface area (Å²) in [6.45, 7) is 5.25. The number of aromatic nitrogens is 2. The van der Waals surface area contributed by atoms with Gasteiger partial charge in [0.25, 0.3) is 0 Å². The highest BCUT2D eigenvalue weighted by Gasteiger charge is 2.23. The minimum absolute atomic E-state index is 0.332. The Morgan fingerprint density at radius 2 is 2.14 bits per heavy atom. The third-order valence-corrected chi connectivity index (χ3v) is 4.13. The van der Waals surface area contributed by atoms with Gasteiger partial charge in [-0.2, -0.15) is 4.98 Å². The molecule has 0 amide bonds. The first-order valence-electron chi connectivity index (χ1n) is 7.89. The molecule has 3 rings (SSSR count). The minimum Gasteiger partial charge on any atom is -0.368 e. The first-order valence-corrected chi connectivity index (χ1v) is 7.89. The average molecular weight is 297 g/mol. The molecular weight excluding hydrogens is 274 g/mol. The van der Waals surface area contributed by atoms with Crippen LogP contribution < -0.4 is 11.1 Å². The number of hydrogen-bond acceptors (Lipinski definition) is 5. The summed E-state index contributed by atoms with van der Waals surface area (Å²) >= 11 is 0. The maximum absolute atomic E-state index is 5.71. The Kier molecular flexibility index (Phi) is 4.53. The van der Waals surface area contributed by atoms with Gasteiger partial charge in [0.2, 0.25) is 5.95 Å². The number of nitrogens with one attached hydrogen (secondary N) is 1. The van der Waals surface area contributed by atoms with Crippen molar-refractivity contribution in [3.63, 3.8) is 0 Å². The van der Waals surface area contributed by atoms with Crippen molar-refractivity contribution in [1.29, 1.82) is 0 Å². The Labute approximate surface area is 131 Å². The molecule has 0 saturated carbocycles. The van der Waals surface area contributed by atoms with Crippen LogP contribution >= 0.6 is 0 Å². The van der Waals surface area contributed by atoms with Gasteiger partial charge in [0.05, 0.1) is 0 Å². The Bertz CT molecular complexity index is 614. The molecule has 1 saturated heterocycles. The highest BCUT2D eigenvalue weighted by atomic mass is 15.2. The normalized spacial score (nSPS) is 18.5. The smallest absolute Gasteiger partial charge is 0.221 e. The molecular formula is C17H23N5. The van der Waals surface area contributed by atoms with Gasteiger partial charge in [0.15, 0.2) is 0 Å². The number of rotatable bonds is 5. The van der Waals surface area contributed by atoms with Gasteiger partial charge in [-0.15, -0.1) is 0 Å². The summed E-state index contributed by atoms with van der Waals surface area (Å²) in [5, 5.41) is 3.54. The van der Waals surface area contributed by atoms with Crippen molar-refractivity contribution in [2.45, 2.75) is 32.4 Å². The lowest BCUT2D eigenvalue weighted by atomic mass is 10.2. The van der Waals surface area contributed by atoms with E-state index in [0.29, 0.717) is 12.0 Å². The fourth-order valence-electron chi connectivity index (χ4n) is 2.93. The van der Waals surface area contributed by atoms with Gasteiger partial charge in [0.1, 0.15) is 5.82 Å². The van der Waals surface area contributed by atoms with Gasteiger partial charge < -0.3 is 11.1 Å². The molecule has 1 aromatic heterocycles. The Morgan fingerprint density at radius 3 is 2.91 bits per heavy atom. The first-order chi connectivity index (χ1) is 10.7. The number of anilines is 2. The second kappa shape index (κ2) is 6.75. The number of likely N-dealkylation sites (tertiary alicyclic amines) is 1. The molecule has 1 aliphatic rings. The van der Waals surface area contributed by atoms with E-state index in [-0.39, 0.29) is 0 Å². The second-order valence-corrected chi connectivity index (χ2v) is 5.81. The van der Waals surface area contributed by atoms with Crippen LogP contribution in [-0.4, -0.2) is 34.0 Å². The molecule has 22 heavy (non-hydrogen) atoms. The maximum Gasteiger partial charge on any atom is 0.221 e. The van der Waals surface area contributed by atoms with E-state index in [1.54, 1.807) is 0 Å². The summed E-state index contributed by atoms with van der Waals surface area (Å²) in [7, 11) is 0. The van der Waals surface area contributed by atoms with Crippen LogP contribution in [0, 0.1) is 0 Å². The van der Waals surface area contributed by atoms with Crippen LogP contribution in [0.15, 0.2) is 36.5 Å². The highest BCUT2D eigenvalue weighted by molar-refractivity contribution is 5.47. The molecule has 1 atom stereocenters. The van der Waals surface area contributed by atoms with Crippen molar-refractivity contribution in [1.82, 2.24) is 14.9 Å². The van der Waals surface area contributed by atoms with Gasteiger partial charge in [-0.05, 0) is 18.4 Å². The third-order valence-electron chi connectivity index (χ3n) is 4.13. The average Bonchev–Trinajstić information content (AvgIpc) is 2.96. The third kappa shape index (κ3) is 3.54. The van der Waals surface area contributed by atoms with Crippen LogP contribution in [0.5, 0.6) is 0 Å². The largest absolute Gasteiger partial charge is 0.368 e. The van der Waals surface area contributed by atoms with Crippen molar-refractivity contribution >= 4 is 11.8 Å². The Balaban J connectivity index is 1.60. The van der Waals surface area contributed by atoms with Crippen molar-refractivity contribution in [3.05, 3.63) is 47.7 Å². The predicted octanol–water partition coefficient (Wildman–Crippen LogP) is 2.31. The molecule has 1 aromatic carbocycles. The van der Waals surface area contributed by atoms with Crippen LogP contribution in [0.1, 0.15) is 24.5 Å². The summed E-state index contributed by atoms with van der Waals surface area (Å²) in [6, 6.07) is 11.0. The molecule has 116 valence electrons. The van der Waals surface area contributed by atoms with Crippen LogP contribution in [0.4, 0.5) is 11.8 Å². The summed E-state index contributed by atoms with van der Waals surface area (Å²) in [6.07, 6.45) is 3.85. The molecule has 2 heterocycles. The number of nitrogens with zero attached hydrogens (tertiary/aromatic N) is 3. The molecule has 1 unspecified atom stereocenters. The molecule has 0 aliphatic carbocycles. The molecule has 0 radical (unpaired) electrons. The zero-order valence-electron chi connectivity index (χ0n) is 13.0. The number of nitrogen functional groups attached to an aromatic ring is 1. The van der Waals surface area contributed by atoms with E-state index in [2.05, 4.69) is 57.4 Å². The van der Waals surface area contributed by atoms with Crippen LogP contribution in [-0.2, 0) is 13.0 Å². The molecule has 2 aromatic rings. The fourth-order valence-corrected chi connectivity index (χ4v) is 2.93. The number of hydrogen-bond donors (Lipinski definition) is 2. The SMILES string of the molecule is CCc1cnc(N)nc1NC1CCN(Cc2ccccc2)C1. The molecule has 1 fully saturated rings. The molecule has 3 N–H and O–H groups in total. The maximum atomic E-state index is 5.71. The first kappa shape index (κ1) is 14.8. The highest BCUT2D eigenvalue weighted by Crippen LogP contribution is 2.20. The lowest BCUT2D eigenvalue weighted by molar-refractivity contribution is 0.328. The monoisotopic (exact) mass is 297 g/mol. The van der Waals surface area contributed by atoms with Crippen LogP contribution in [0.25, 0.3) is 0 Å². The van der Waals surface area contributed by atoms with E-state index in [0.717, 1.165) is 43.9 Å². The summed E-state index contributed by atoms with van der Waals surface area (Å²) in [4.78, 5) is 10.9. The zero-order valence-corrected chi connectivity index (χ0v) is 13.0. The molecule has 5 nitrogen and oxygen atoms in total. The van der Waals surface area contributed by atoms with E-state index in [1.807, 2.05) is 6.20 Å². The van der Waals surface area contributed by atoms with Crippen molar-refractivity contribution in [2.24, 2.45) is 0 Å². The van der Waals surface area contributed by atoms with Crippen LogP contribution in [0.3, 0.4) is 0 Å². The van der Waals surface area contributed by atoms with Gasteiger partial charge in [-0.1, -0.05) is 37.3 Å². The fraction of sp³-hybridized carbons (Fsp3) is 0.412. The molecule has 0 spiro atoms. The lowest BCUT2D eigenvalue weighted by Crippen LogP contribution is -2.27. The molecule has 1 aliphatic heterocycles. The Hall–Kier alpha value is -2.14. The lowest BCUT2D eigenvalue weighted by Gasteiger charge is -2.18. The van der Waals surface area contributed by atoms with E-state index >= 15 is 0 Å². The van der Waals surface area contributed by atoms with Gasteiger partial charge in [-0.3, -0.25) is 4.90 Å². The molecule has 5 heteroatoms. The summed E-state index contributed by atoms with van der Waals surface area (Å²) in [5.41, 5.74) is 8.20. The minimum atomic E-state index is 0.332. The van der Waals surface area contributed by atoms with E-state index in [4.69, 9.17) is 5.73 Å². The second-order valence-electron chi connectivity index (χ2n) is 5.81. The number of benzene rings is 1. The summed E-state index contributed by atoms with van der Waals surface area (Å²) < 4.78 is 0. The quantitative estimate of drug-likeness (QED) is 0.886. The standard InChI is InChI=1S/C17H23N5/c1-2-14-10-19-17(18)21-16(14)20-15-8-9-22(12-15)11-13-6-4-3-5-7-13/h3-7,10,15H,2,8-9,11-12H2,1H3,(H3,18,19,20,21). The van der Waals surface area contributed by atoms with Crippen molar-refractivity contribution in [3.8, 4) is 0 Å². The van der Waals surface area contributed by atoms with E-state index in [1.165, 1.54) is 5.56 Å². The van der Waals surface area contributed by atoms with E-state index in [9.17, 15) is 0 Å². The summed E-state index contributed by atoms with van der Waals surface area (Å²) in [5.74, 6) is 1.22. The predicted molar refractivity (Wildman–Crippen MR) is 89.6 cm³/mol. The topological polar surface area (TPSA) is 67.1 Å².